The lowest BCUT2D eigenvalue weighted by Gasteiger charge is -2.25. The number of halogens is 1. The van der Waals surface area contributed by atoms with Crippen molar-refractivity contribution < 1.29 is 14.6 Å². The molecule has 0 saturated carbocycles. The van der Waals surface area contributed by atoms with Crippen molar-refractivity contribution >= 4 is 0 Å². The van der Waals surface area contributed by atoms with Gasteiger partial charge in [0.1, 0.15) is 5.82 Å². The molecule has 1 aromatic rings. The predicted molar refractivity (Wildman–Crippen MR) is 63.0 cm³/mol. The zero-order valence-corrected chi connectivity index (χ0v) is 9.72. The van der Waals surface area contributed by atoms with Crippen LogP contribution in [0, 0.1) is 5.82 Å². The number of aliphatic hydroxyl groups excluding tert-OH is 2. The maximum atomic E-state index is 13.0. The number of benzene rings is 1. The Balaban J connectivity index is 1.99. The van der Waals surface area contributed by atoms with Gasteiger partial charge in [0.05, 0.1) is 12.7 Å². The van der Waals surface area contributed by atoms with Crippen LogP contribution in [0.1, 0.15) is 24.5 Å². The lowest BCUT2D eigenvalue weighted by atomic mass is 10.1. The molecule has 4 heteroatoms. The lowest BCUT2D eigenvalue weighted by Crippen LogP contribution is -2.35. The normalized spacial score (nSPS) is 22.9. The summed E-state index contributed by atoms with van der Waals surface area (Å²) in [4.78, 5) is 2.07. The molecular weight excluding hydrogens is 221 g/mol. The quantitative estimate of drug-likeness (QED) is 0.832. The molecule has 2 rings (SSSR count). The van der Waals surface area contributed by atoms with Crippen LogP contribution in [0.4, 0.5) is 4.39 Å². The molecule has 17 heavy (non-hydrogen) atoms. The van der Waals surface area contributed by atoms with Gasteiger partial charge < -0.3 is 10.2 Å². The van der Waals surface area contributed by atoms with Crippen molar-refractivity contribution in [2.24, 2.45) is 0 Å². The van der Waals surface area contributed by atoms with Crippen LogP contribution in [-0.2, 0) is 0 Å². The lowest BCUT2D eigenvalue weighted by molar-refractivity contribution is 0.0849. The Hall–Kier alpha value is -0.970. The first-order chi connectivity index (χ1) is 8.20. The number of hydrogen-bond acceptors (Lipinski definition) is 3. The zero-order valence-electron chi connectivity index (χ0n) is 9.72. The monoisotopic (exact) mass is 239 g/mol. The molecule has 0 aromatic heterocycles. The first-order valence-corrected chi connectivity index (χ1v) is 5.99. The topological polar surface area (TPSA) is 43.7 Å². The van der Waals surface area contributed by atoms with Crippen molar-refractivity contribution in [3.05, 3.63) is 35.6 Å². The summed E-state index contributed by atoms with van der Waals surface area (Å²) in [6.45, 7) is 1.46. The summed E-state index contributed by atoms with van der Waals surface area (Å²) < 4.78 is 13.0. The van der Waals surface area contributed by atoms with Crippen LogP contribution < -0.4 is 0 Å². The van der Waals surface area contributed by atoms with Gasteiger partial charge in [0.15, 0.2) is 0 Å². The fourth-order valence-corrected chi connectivity index (χ4v) is 2.38. The fraction of sp³-hybridized carbons (Fsp3) is 0.538. The van der Waals surface area contributed by atoms with Crippen LogP contribution in [0.25, 0.3) is 0 Å². The van der Waals surface area contributed by atoms with E-state index in [1.807, 2.05) is 0 Å². The Kier molecular flexibility index (Phi) is 4.10. The molecule has 1 aliphatic rings. The highest BCUT2D eigenvalue weighted by Gasteiger charge is 2.25. The summed E-state index contributed by atoms with van der Waals surface area (Å²) in [5.74, 6) is -0.332. The largest absolute Gasteiger partial charge is 0.395 e. The highest BCUT2D eigenvalue weighted by Crippen LogP contribution is 2.22. The van der Waals surface area contributed by atoms with Gasteiger partial charge in [-0.15, -0.1) is 0 Å². The predicted octanol–water partition coefficient (Wildman–Crippen LogP) is 1.32. The molecule has 94 valence electrons. The highest BCUT2D eigenvalue weighted by molar-refractivity contribution is 5.19. The number of nitrogens with zero attached hydrogens (tertiary/aromatic N) is 1. The van der Waals surface area contributed by atoms with Crippen molar-refractivity contribution in [2.45, 2.75) is 25.0 Å². The molecule has 2 N–H and O–H groups in total. The smallest absolute Gasteiger partial charge is 0.123 e. The number of hydrogen-bond donors (Lipinski definition) is 2. The maximum absolute atomic E-state index is 13.0. The third-order valence-corrected chi connectivity index (χ3v) is 3.35. The van der Waals surface area contributed by atoms with Crippen LogP contribution in [0.5, 0.6) is 0 Å². The molecular formula is C13H18FNO2. The Morgan fingerprint density at radius 3 is 3.00 bits per heavy atom. The molecule has 1 saturated heterocycles. The Morgan fingerprint density at radius 2 is 2.29 bits per heavy atom. The standard InChI is InChI=1S/C13H18FNO2/c14-11-4-1-3-10(7-11)13(17)8-15-6-2-5-12(15)9-16/h1,3-4,7,12-13,16-17H,2,5-6,8-9H2/t12-,13-/m0/s1. The second-order valence-electron chi connectivity index (χ2n) is 4.54. The molecule has 1 heterocycles. The minimum atomic E-state index is -0.696. The van der Waals surface area contributed by atoms with E-state index in [9.17, 15) is 14.6 Å². The average molecular weight is 239 g/mol. The van der Waals surface area contributed by atoms with Crippen molar-refractivity contribution in [1.29, 1.82) is 0 Å². The first-order valence-electron chi connectivity index (χ1n) is 5.99. The summed E-state index contributed by atoms with van der Waals surface area (Å²) in [5, 5.41) is 19.2. The number of aliphatic hydroxyl groups is 2. The maximum Gasteiger partial charge on any atom is 0.123 e. The highest BCUT2D eigenvalue weighted by atomic mass is 19.1. The number of likely N-dealkylation sites (tertiary alicyclic amines) is 1. The van der Waals surface area contributed by atoms with Crippen LogP contribution in [0.15, 0.2) is 24.3 Å². The molecule has 0 bridgehead atoms. The third kappa shape index (κ3) is 3.03. The van der Waals surface area contributed by atoms with Crippen molar-refractivity contribution in [2.75, 3.05) is 19.7 Å². The van der Waals surface area contributed by atoms with E-state index in [0.717, 1.165) is 19.4 Å². The van der Waals surface area contributed by atoms with E-state index in [-0.39, 0.29) is 18.5 Å². The summed E-state index contributed by atoms with van der Waals surface area (Å²) in [6.07, 6.45) is 1.31. The summed E-state index contributed by atoms with van der Waals surface area (Å²) >= 11 is 0. The number of rotatable bonds is 4. The van der Waals surface area contributed by atoms with Gasteiger partial charge in [-0.25, -0.2) is 4.39 Å². The second kappa shape index (κ2) is 5.58. The molecule has 2 atom stereocenters. The van der Waals surface area contributed by atoms with E-state index in [0.29, 0.717) is 12.1 Å². The van der Waals surface area contributed by atoms with E-state index in [4.69, 9.17) is 0 Å². The number of β-amino-alcohol motifs (C(OH)–C–C–N with tert-alkyl or cyclic N) is 1. The second-order valence-corrected chi connectivity index (χ2v) is 4.54. The van der Waals surface area contributed by atoms with Gasteiger partial charge in [-0.3, -0.25) is 4.90 Å². The Labute approximate surface area is 100 Å². The molecule has 1 aromatic carbocycles. The van der Waals surface area contributed by atoms with E-state index in [2.05, 4.69) is 4.90 Å². The van der Waals surface area contributed by atoms with Crippen molar-refractivity contribution in [1.82, 2.24) is 4.90 Å². The van der Waals surface area contributed by atoms with E-state index >= 15 is 0 Å². The molecule has 0 spiro atoms. The molecule has 1 fully saturated rings. The van der Waals surface area contributed by atoms with Gasteiger partial charge in [-0.2, -0.15) is 0 Å². The van der Waals surface area contributed by atoms with Gasteiger partial charge >= 0.3 is 0 Å². The van der Waals surface area contributed by atoms with Gasteiger partial charge in [-0.1, -0.05) is 12.1 Å². The van der Waals surface area contributed by atoms with Crippen LogP contribution in [0.2, 0.25) is 0 Å². The molecule has 3 nitrogen and oxygen atoms in total. The SMILES string of the molecule is OC[C@@H]1CCCN1C[C@H](O)c1cccc(F)c1. The summed E-state index contributed by atoms with van der Waals surface area (Å²) in [6, 6.07) is 6.18. The van der Waals surface area contributed by atoms with E-state index < -0.39 is 6.10 Å². The van der Waals surface area contributed by atoms with Gasteiger partial charge in [-0.05, 0) is 37.1 Å². The van der Waals surface area contributed by atoms with Crippen LogP contribution in [-0.4, -0.2) is 40.9 Å². The minimum Gasteiger partial charge on any atom is -0.395 e. The minimum absolute atomic E-state index is 0.121. The molecule has 0 amide bonds. The van der Waals surface area contributed by atoms with E-state index in [1.54, 1.807) is 12.1 Å². The Bertz CT molecular complexity index is 372. The van der Waals surface area contributed by atoms with Gasteiger partial charge in [0, 0.05) is 12.6 Å². The summed E-state index contributed by atoms with van der Waals surface area (Å²) in [7, 11) is 0. The molecule has 0 unspecified atom stereocenters. The van der Waals surface area contributed by atoms with Crippen LogP contribution >= 0.6 is 0 Å². The molecule has 1 aliphatic heterocycles. The van der Waals surface area contributed by atoms with Crippen molar-refractivity contribution in [3.63, 3.8) is 0 Å². The molecule has 0 radical (unpaired) electrons. The van der Waals surface area contributed by atoms with Crippen molar-refractivity contribution in [3.8, 4) is 0 Å². The van der Waals surface area contributed by atoms with E-state index in [1.165, 1.54) is 12.1 Å². The fourth-order valence-electron chi connectivity index (χ4n) is 2.38. The Morgan fingerprint density at radius 1 is 1.47 bits per heavy atom. The molecule has 0 aliphatic carbocycles. The van der Waals surface area contributed by atoms with Gasteiger partial charge in [0.2, 0.25) is 0 Å². The first kappa shape index (κ1) is 12.5. The van der Waals surface area contributed by atoms with Gasteiger partial charge in [0.25, 0.3) is 0 Å². The zero-order chi connectivity index (χ0) is 12.3. The average Bonchev–Trinajstić information content (AvgIpc) is 2.76. The summed E-state index contributed by atoms with van der Waals surface area (Å²) in [5.41, 5.74) is 0.591. The van der Waals surface area contributed by atoms with Crippen LogP contribution in [0.3, 0.4) is 0 Å². The third-order valence-electron chi connectivity index (χ3n) is 3.35.